The Morgan fingerprint density at radius 2 is 2.14 bits per heavy atom. The summed E-state index contributed by atoms with van der Waals surface area (Å²) in [5, 5.41) is 7.90. The number of fused-ring (bicyclic) bond motifs is 1. The average molecular weight is 379 g/mol. The Hall–Kier alpha value is -1.73. The minimum Gasteiger partial charge on any atom is -0.302 e. The van der Waals surface area contributed by atoms with Crippen LogP contribution in [0.2, 0.25) is 0 Å². The van der Waals surface area contributed by atoms with Gasteiger partial charge in [-0.2, -0.15) is 5.10 Å². The molecule has 1 amide bonds. The number of nitrogens with zero attached hydrogens (tertiary/aromatic N) is 3. The standard InChI is InChI=1S/C15H15BrN4OS/c1-9-14(16)10(2)20(19-9)8-7-13(21)18-15-17-11-5-3-4-6-12(11)22-15/h3-6H,7-8H2,1-2H3,(H,17,18,21). The van der Waals surface area contributed by atoms with Crippen LogP contribution in [0.1, 0.15) is 17.8 Å². The predicted octanol–water partition coefficient (Wildman–Crippen LogP) is 3.90. The summed E-state index contributed by atoms with van der Waals surface area (Å²) in [4.78, 5) is 16.5. The molecule has 0 atom stereocenters. The number of nitrogens with one attached hydrogen (secondary N) is 1. The van der Waals surface area contributed by atoms with Gasteiger partial charge in [-0.25, -0.2) is 4.98 Å². The zero-order chi connectivity index (χ0) is 15.7. The molecule has 0 saturated heterocycles. The molecule has 2 aromatic heterocycles. The van der Waals surface area contributed by atoms with Crippen LogP contribution in [0, 0.1) is 13.8 Å². The Bertz CT molecular complexity index is 806. The van der Waals surface area contributed by atoms with Crippen molar-refractivity contribution in [2.45, 2.75) is 26.8 Å². The normalized spacial score (nSPS) is 11.0. The maximum absolute atomic E-state index is 12.1. The van der Waals surface area contributed by atoms with Gasteiger partial charge in [0, 0.05) is 12.1 Å². The van der Waals surface area contributed by atoms with E-state index in [9.17, 15) is 4.79 Å². The van der Waals surface area contributed by atoms with Gasteiger partial charge in [-0.1, -0.05) is 23.5 Å². The molecule has 1 aromatic carbocycles. The molecule has 3 aromatic rings. The number of hydrogen-bond acceptors (Lipinski definition) is 4. The number of anilines is 1. The van der Waals surface area contributed by atoms with E-state index in [1.165, 1.54) is 11.3 Å². The summed E-state index contributed by atoms with van der Waals surface area (Å²) in [6, 6.07) is 7.84. The van der Waals surface area contributed by atoms with E-state index in [1.807, 2.05) is 42.8 Å². The highest BCUT2D eigenvalue weighted by Crippen LogP contribution is 2.25. The van der Waals surface area contributed by atoms with Crippen LogP contribution in [0.4, 0.5) is 5.13 Å². The van der Waals surface area contributed by atoms with Crippen LogP contribution < -0.4 is 5.32 Å². The fourth-order valence-corrected chi connectivity index (χ4v) is 3.37. The predicted molar refractivity (Wildman–Crippen MR) is 92.3 cm³/mol. The van der Waals surface area contributed by atoms with E-state index < -0.39 is 0 Å². The number of benzene rings is 1. The van der Waals surface area contributed by atoms with Crippen molar-refractivity contribution in [1.82, 2.24) is 14.8 Å². The number of aryl methyl sites for hydroxylation is 2. The molecule has 2 heterocycles. The summed E-state index contributed by atoms with van der Waals surface area (Å²) in [6.07, 6.45) is 0.365. The zero-order valence-electron chi connectivity index (χ0n) is 12.3. The second kappa shape index (κ2) is 6.18. The molecule has 0 unspecified atom stereocenters. The minimum atomic E-state index is -0.0530. The highest BCUT2D eigenvalue weighted by atomic mass is 79.9. The SMILES string of the molecule is Cc1nn(CCC(=O)Nc2nc3ccccc3s2)c(C)c1Br. The summed E-state index contributed by atoms with van der Waals surface area (Å²) in [5.41, 5.74) is 2.87. The van der Waals surface area contributed by atoms with Gasteiger partial charge in [-0.3, -0.25) is 9.48 Å². The molecule has 0 aliphatic heterocycles. The van der Waals surface area contributed by atoms with Crippen molar-refractivity contribution in [3.63, 3.8) is 0 Å². The van der Waals surface area contributed by atoms with Crippen LogP contribution in [-0.2, 0) is 11.3 Å². The summed E-state index contributed by atoms with van der Waals surface area (Å²) >= 11 is 4.97. The van der Waals surface area contributed by atoms with E-state index in [4.69, 9.17) is 0 Å². The van der Waals surface area contributed by atoms with Crippen molar-refractivity contribution in [1.29, 1.82) is 0 Å². The van der Waals surface area contributed by atoms with E-state index in [0.717, 1.165) is 26.1 Å². The van der Waals surface area contributed by atoms with E-state index >= 15 is 0 Å². The molecule has 22 heavy (non-hydrogen) atoms. The quantitative estimate of drug-likeness (QED) is 0.748. The molecule has 7 heteroatoms. The lowest BCUT2D eigenvalue weighted by Crippen LogP contribution is -2.15. The van der Waals surface area contributed by atoms with Crippen LogP contribution in [0.25, 0.3) is 10.2 Å². The number of thiazole rings is 1. The van der Waals surface area contributed by atoms with Gasteiger partial charge in [0.25, 0.3) is 0 Å². The molecule has 0 spiro atoms. The Kier molecular flexibility index (Phi) is 4.26. The smallest absolute Gasteiger partial charge is 0.228 e. The lowest BCUT2D eigenvalue weighted by Gasteiger charge is -2.04. The Labute approximate surface area is 140 Å². The molecular weight excluding hydrogens is 364 g/mol. The van der Waals surface area contributed by atoms with Gasteiger partial charge in [0.05, 0.1) is 26.9 Å². The Morgan fingerprint density at radius 1 is 1.36 bits per heavy atom. The van der Waals surface area contributed by atoms with Crippen molar-refractivity contribution < 1.29 is 4.79 Å². The summed E-state index contributed by atoms with van der Waals surface area (Å²) < 4.78 is 3.91. The molecule has 0 aliphatic rings. The number of hydrogen-bond donors (Lipinski definition) is 1. The van der Waals surface area contributed by atoms with Crippen molar-refractivity contribution in [2.75, 3.05) is 5.32 Å². The molecule has 3 rings (SSSR count). The van der Waals surface area contributed by atoms with Gasteiger partial charge in [0.15, 0.2) is 5.13 Å². The zero-order valence-corrected chi connectivity index (χ0v) is 14.7. The van der Waals surface area contributed by atoms with Crippen LogP contribution in [-0.4, -0.2) is 20.7 Å². The number of rotatable bonds is 4. The summed E-state index contributed by atoms with van der Waals surface area (Å²) in [6.45, 7) is 4.47. The lowest BCUT2D eigenvalue weighted by atomic mass is 10.3. The largest absolute Gasteiger partial charge is 0.302 e. The highest BCUT2D eigenvalue weighted by molar-refractivity contribution is 9.10. The number of aromatic nitrogens is 3. The summed E-state index contributed by atoms with van der Waals surface area (Å²) in [7, 11) is 0. The second-order valence-corrected chi connectivity index (χ2v) is 6.82. The molecule has 0 radical (unpaired) electrons. The molecule has 1 N–H and O–H groups in total. The van der Waals surface area contributed by atoms with E-state index in [-0.39, 0.29) is 5.91 Å². The lowest BCUT2D eigenvalue weighted by molar-refractivity contribution is -0.116. The van der Waals surface area contributed by atoms with Crippen LogP contribution in [0.3, 0.4) is 0 Å². The number of halogens is 1. The third kappa shape index (κ3) is 3.05. The number of para-hydroxylation sites is 1. The van der Waals surface area contributed by atoms with Gasteiger partial charge in [-0.05, 0) is 41.9 Å². The molecule has 0 bridgehead atoms. The van der Waals surface area contributed by atoms with Gasteiger partial charge in [-0.15, -0.1) is 0 Å². The Balaban J connectivity index is 1.63. The molecule has 0 aliphatic carbocycles. The molecule has 114 valence electrons. The van der Waals surface area contributed by atoms with Crippen LogP contribution in [0.15, 0.2) is 28.7 Å². The van der Waals surface area contributed by atoms with Crippen LogP contribution in [0.5, 0.6) is 0 Å². The first kappa shape index (κ1) is 15.2. The van der Waals surface area contributed by atoms with Crippen molar-refractivity contribution in [2.24, 2.45) is 0 Å². The van der Waals surface area contributed by atoms with Gasteiger partial charge in [0.1, 0.15) is 0 Å². The first-order valence-electron chi connectivity index (χ1n) is 6.89. The molecular formula is C15H15BrN4OS. The van der Waals surface area contributed by atoms with Crippen molar-refractivity contribution in [3.8, 4) is 0 Å². The maximum atomic E-state index is 12.1. The first-order valence-corrected chi connectivity index (χ1v) is 8.50. The molecule has 0 saturated carbocycles. The third-order valence-electron chi connectivity index (χ3n) is 3.38. The fourth-order valence-electron chi connectivity index (χ4n) is 2.21. The average Bonchev–Trinajstić information content (AvgIpc) is 3.01. The summed E-state index contributed by atoms with van der Waals surface area (Å²) in [5.74, 6) is -0.0530. The van der Waals surface area contributed by atoms with Gasteiger partial charge in [0.2, 0.25) is 5.91 Å². The van der Waals surface area contributed by atoms with E-state index in [0.29, 0.717) is 18.1 Å². The Morgan fingerprint density at radius 3 is 2.82 bits per heavy atom. The van der Waals surface area contributed by atoms with Gasteiger partial charge >= 0.3 is 0 Å². The van der Waals surface area contributed by atoms with E-state index in [1.54, 1.807) is 0 Å². The van der Waals surface area contributed by atoms with E-state index in [2.05, 4.69) is 31.3 Å². The van der Waals surface area contributed by atoms with Gasteiger partial charge < -0.3 is 5.32 Å². The highest BCUT2D eigenvalue weighted by Gasteiger charge is 2.11. The third-order valence-corrected chi connectivity index (χ3v) is 5.48. The number of amides is 1. The van der Waals surface area contributed by atoms with Crippen molar-refractivity contribution >= 4 is 48.5 Å². The minimum absolute atomic E-state index is 0.0530. The first-order chi connectivity index (χ1) is 10.5. The maximum Gasteiger partial charge on any atom is 0.228 e. The topological polar surface area (TPSA) is 59.8 Å². The number of carbonyl (C=O) groups excluding carboxylic acids is 1. The van der Waals surface area contributed by atoms with Crippen molar-refractivity contribution in [3.05, 3.63) is 40.1 Å². The monoisotopic (exact) mass is 378 g/mol. The molecule has 5 nitrogen and oxygen atoms in total. The molecule has 0 fully saturated rings. The number of carbonyl (C=O) groups is 1. The van der Waals surface area contributed by atoms with Crippen LogP contribution >= 0.6 is 27.3 Å². The second-order valence-electron chi connectivity index (χ2n) is 4.99. The fraction of sp³-hybridized carbons (Fsp3) is 0.267.